The molecule has 4 aromatic rings. The zero-order valence-electron chi connectivity index (χ0n) is 22.0. The molecule has 0 aliphatic heterocycles. The van der Waals surface area contributed by atoms with E-state index < -0.39 is 22.8 Å². The van der Waals surface area contributed by atoms with Gasteiger partial charge in [-0.3, -0.25) is 14.3 Å². The minimum atomic E-state index is -1.12. The Labute approximate surface area is 229 Å². The van der Waals surface area contributed by atoms with Gasteiger partial charge in [-0.2, -0.15) is 0 Å². The molecular formula is C28H28ClN5O5. The molecule has 11 heteroatoms. The highest BCUT2D eigenvalue weighted by atomic mass is 35.5. The Kier molecular flexibility index (Phi) is 8.15. The van der Waals surface area contributed by atoms with E-state index in [0.29, 0.717) is 22.3 Å². The molecule has 0 fully saturated rings. The third-order valence-electron chi connectivity index (χ3n) is 5.97. The lowest BCUT2D eigenvalue weighted by Gasteiger charge is -2.22. The number of benzene rings is 2. The van der Waals surface area contributed by atoms with E-state index in [1.807, 2.05) is 13.0 Å². The van der Waals surface area contributed by atoms with Crippen LogP contribution >= 0.6 is 11.6 Å². The number of hydrogen-bond acceptors (Lipinski definition) is 7. The number of pyridine rings is 1. The third-order valence-corrected chi connectivity index (χ3v) is 6.22. The first kappa shape index (κ1) is 27.6. The van der Waals surface area contributed by atoms with Crippen molar-refractivity contribution >= 4 is 23.3 Å². The normalized spacial score (nSPS) is 11.9. The van der Waals surface area contributed by atoms with Gasteiger partial charge in [0.2, 0.25) is 11.5 Å². The third kappa shape index (κ3) is 6.53. The van der Waals surface area contributed by atoms with Crippen molar-refractivity contribution in [3.63, 3.8) is 0 Å². The number of carbonyl (C=O) groups is 1. The molecule has 0 bridgehead atoms. The van der Waals surface area contributed by atoms with Crippen LogP contribution in [0.5, 0.6) is 11.6 Å². The molecule has 0 amide bonds. The minimum Gasteiger partial charge on any atom is -0.469 e. The van der Waals surface area contributed by atoms with E-state index >= 15 is 0 Å². The molecule has 4 rings (SSSR count). The van der Waals surface area contributed by atoms with Crippen LogP contribution in [0.1, 0.15) is 25.0 Å². The fraction of sp³-hybridized carbons (Fsp3) is 0.250. The average Bonchev–Trinajstić information content (AvgIpc) is 2.91. The number of nitrogens with one attached hydrogen (secondary N) is 1. The number of H-pyrrole nitrogens is 1. The van der Waals surface area contributed by atoms with Crippen LogP contribution in [0.3, 0.4) is 0 Å². The van der Waals surface area contributed by atoms with Gasteiger partial charge in [-0.1, -0.05) is 29.8 Å². The van der Waals surface area contributed by atoms with E-state index in [2.05, 4.69) is 15.0 Å². The second-order valence-corrected chi connectivity index (χ2v) is 9.98. The van der Waals surface area contributed by atoms with Gasteiger partial charge in [0, 0.05) is 23.8 Å². The highest BCUT2D eigenvalue weighted by Crippen LogP contribution is 2.27. The lowest BCUT2D eigenvalue weighted by Crippen LogP contribution is -2.52. The standard InChI is InChI=1S/C28H28ClN5O5/c1-18-15-21(12-13-22(18)39-23-7-5-6-14-30-23)31-25-32-26(36)34(17-28(2,3)24(35)38-4)27(37)33(25)16-19-8-10-20(29)11-9-19/h5-15H,16-17H2,1-4H3,(H,31,32,36). The van der Waals surface area contributed by atoms with E-state index in [1.165, 1.54) is 11.7 Å². The number of aromatic nitrogens is 4. The summed E-state index contributed by atoms with van der Waals surface area (Å²) in [4.78, 5) is 50.4. The summed E-state index contributed by atoms with van der Waals surface area (Å²) in [5.74, 6) is 0.500. The number of halogens is 1. The lowest BCUT2D eigenvalue weighted by atomic mass is 9.94. The Morgan fingerprint density at radius 3 is 2.46 bits per heavy atom. The molecule has 2 aromatic heterocycles. The molecule has 0 spiro atoms. The number of ether oxygens (including phenoxy) is 2. The number of rotatable bonds is 8. The van der Waals surface area contributed by atoms with Crippen molar-refractivity contribution in [3.05, 3.63) is 110 Å². The fourth-order valence-electron chi connectivity index (χ4n) is 3.89. The summed E-state index contributed by atoms with van der Waals surface area (Å²) in [6.07, 6.45) is 1.64. The van der Waals surface area contributed by atoms with Gasteiger partial charge in [0.15, 0.2) is 0 Å². The Morgan fingerprint density at radius 1 is 1.08 bits per heavy atom. The Morgan fingerprint density at radius 2 is 1.82 bits per heavy atom. The molecule has 202 valence electrons. The molecule has 10 nitrogen and oxygen atoms in total. The lowest BCUT2D eigenvalue weighted by molar-refractivity contribution is -0.151. The maximum absolute atomic E-state index is 13.6. The number of methoxy groups -OCH3 is 1. The first-order valence-electron chi connectivity index (χ1n) is 12.1. The number of aromatic amines is 1. The van der Waals surface area contributed by atoms with Gasteiger partial charge in [-0.15, -0.1) is 0 Å². The molecular weight excluding hydrogens is 522 g/mol. The van der Waals surface area contributed by atoms with E-state index in [9.17, 15) is 14.4 Å². The molecule has 0 aliphatic carbocycles. The smallest absolute Gasteiger partial charge is 0.335 e. The maximum Gasteiger partial charge on any atom is 0.335 e. The first-order valence-corrected chi connectivity index (χ1v) is 12.5. The van der Waals surface area contributed by atoms with Crippen molar-refractivity contribution < 1.29 is 14.3 Å². The number of nitrogens with zero attached hydrogens (tertiary/aromatic N) is 4. The van der Waals surface area contributed by atoms with Crippen LogP contribution in [0.4, 0.5) is 5.69 Å². The predicted molar refractivity (Wildman–Crippen MR) is 146 cm³/mol. The van der Waals surface area contributed by atoms with Gasteiger partial charge in [-0.25, -0.2) is 24.1 Å². The summed E-state index contributed by atoms with van der Waals surface area (Å²) in [5.41, 5.74) is -0.367. The Hall–Kier alpha value is -4.44. The quantitative estimate of drug-likeness (QED) is 0.332. The molecule has 0 unspecified atom stereocenters. The monoisotopic (exact) mass is 549 g/mol. The van der Waals surface area contributed by atoms with Crippen LogP contribution in [-0.4, -0.2) is 32.2 Å². The van der Waals surface area contributed by atoms with Crippen LogP contribution in [0.2, 0.25) is 5.02 Å². The van der Waals surface area contributed by atoms with Gasteiger partial charge in [-0.05, 0) is 68.3 Å². The second-order valence-electron chi connectivity index (χ2n) is 9.54. The van der Waals surface area contributed by atoms with Crippen molar-refractivity contribution in [3.8, 4) is 11.6 Å². The molecule has 0 radical (unpaired) electrons. The summed E-state index contributed by atoms with van der Waals surface area (Å²) in [6.45, 7) is 4.97. The van der Waals surface area contributed by atoms with Gasteiger partial charge in [0.1, 0.15) is 5.75 Å². The summed E-state index contributed by atoms with van der Waals surface area (Å²) >= 11 is 6.03. The van der Waals surface area contributed by atoms with Crippen molar-refractivity contribution in [2.45, 2.75) is 33.9 Å². The van der Waals surface area contributed by atoms with Crippen LogP contribution in [0, 0.1) is 12.3 Å². The van der Waals surface area contributed by atoms with E-state index in [4.69, 9.17) is 21.1 Å². The Bertz CT molecular complexity index is 1670. The molecule has 39 heavy (non-hydrogen) atoms. The van der Waals surface area contributed by atoms with E-state index in [0.717, 1.165) is 15.7 Å². The topological polar surface area (TPSA) is 121 Å². The summed E-state index contributed by atoms with van der Waals surface area (Å²) < 4.78 is 13.0. The molecule has 2 aromatic carbocycles. The van der Waals surface area contributed by atoms with Gasteiger partial charge < -0.3 is 9.47 Å². The van der Waals surface area contributed by atoms with Gasteiger partial charge in [0.05, 0.1) is 24.8 Å². The van der Waals surface area contributed by atoms with Crippen LogP contribution in [0.25, 0.3) is 0 Å². The zero-order chi connectivity index (χ0) is 28.2. The van der Waals surface area contributed by atoms with Gasteiger partial charge in [0.25, 0.3) is 0 Å². The molecule has 0 atom stereocenters. The maximum atomic E-state index is 13.6. The van der Waals surface area contributed by atoms with Crippen molar-refractivity contribution in [2.24, 2.45) is 10.4 Å². The summed E-state index contributed by atoms with van der Waals surface area (Å²) in [6, 6.07) is 17.6. The number of hydrogen-bond donors (Lipinski definition) is 1. The molecule has 0 aliphatic rings. The number of aryl methyl sites for hydroxylation is 1. The van der Waals surface area contributed by atoms with Crippen LogP contribution in [-0.2, 0) is 22.6 Å². The summed E-state index contributed by atoms with van der Waals surface area (Å²) in [7, 11) is 1.26. The summed E-state index contributed by atoms with van der Waals surface area (Å²) in [5, 5.41) is 0.552. The molecule has 1 N–H and O–H groups in total. The van der Waals surface area contributed by atoms with Crippen molar-refractivity contribution in [2.75, 3.05) is 7.11 Å². The first-order chi connectivity index (χ1) is 18.6. The highest BCUT2D eigenvalue weighted by molar-refractivity contribution is 6.30. The second kappa shape index (κ2) is 11.5. The minimum absolute atomic E-state index is 0.0462. The van der Waals surface area contributed by atoms with Crippen molar-refractivity contribution in [1.82, 2.24) is 19.1 Å². The number of carbonyl (C=O) groups excluding carboxylic acids is 1. The van der Waals surface area contributed by atoms with Gasteiger partial charge >= 0.3 is 17.3 Å². The van der Waals surface area contributed by atoms with Crippen molar-refractivity contribution in [1.29, 1.82) is 0 Å². The Balaban J connectivity index is 1.80. The average molecular weight is 550 g/mol. The molecule has 2 heterocycles. The fourth-order valence-corrected chi connectivity index (χ4v) is 4.02. The zero-order valence-corrected chi connectivity index (χ0v) is 22.7. The molecule has 0 saturated carbocycles. The molecule has 0 saturated heterocycles. The SMILES string of the molecule is COC(=O)C(C)(C)Cn1c(=O)[nH]/c(=N\c2ccc(Oc3ccccn3)c(C)c2)n(Cc2ccc(Cl)cc2)c1=O. The predicted octanol–water partition coefficient (Wildman–Crippen LogP) is 3.97. The van der Waals surface area contributed by atoms with Crippen LogP contribution < -0.4 is 21.7 Å². The number of esters is 1. The van der Waals surface area contributed by atoms with E-state index in [1.54, 1.807) is 74.6 Å². The van der Waals surface area contributed by atoms with Crippen LogP contribution in [0.15, 0.2) is 81.4 Å². The van der Waals surface area contributed by atoms with E-state index in [-0.39, 0.29) is 18.7 Å². The highest BCUT2D eigenvalue weighted by Gasteiger charge is 2.31. The largest absolute Gasteiger partial charge is 0.469 e.